The molecular weight excluding hydrogens is 516 g/mol. The van der Waals surface area contributed by atoms with Crippen LogP contribution in [0, 0.1) is 20.2 Å². The highest BCUT2D eigenvalue weighted by molar-refractivity contribution is 9.11. The van der Waals surface area contributed by atoms with E-state index < -0.39 is 9.85 Å². The number of nitro benzene ring substituents is 2. The van der Waals surface area contributed by atoms with Gasteiger partial charge in [-0.3, -0.25) is 20.2 Å². The largest absolute Gasteiger partial charge is 0.281 e. The van der Waals surface area contributed by atoms with Gasteiger partial charge in [-0.25, -0.2) is 0 Å². The number of benzene rings is 2. The summed E-state index contributed by atoms with van der Waals surface area (Å²) in [6, 6.07) is 2.52. The Kier molecular flexibility index (Phi) is 4.13. The van der Waals surface area contributed by atoms with Crippen LogP contribution < -0.4 is 0 Å². The van der Waals surface area contributed by atoms with Gasteiger partial charge in [0.2, 0.25) is 0 Å². The number of hydrogen-bond acceptors (Lipinski definition) is 10. The molecule has 0 bridgehead atoms. The van der Waals surface area contributed by atoms with E-state index in [1.807, 2.05) is 0 Å². The second-order valence-corrected chi connectivity index (χ2v) is 7.71. The first-order valence-electron chi connectivity index (χ1n) is 6.58. The summed E-state index contributed by atoms with van der Waals surface area (Å²) in [6.07, 6.45) is 0. The maximum atomic E-state index is 11.7. The highest BCUT2D eigenvalue weighted by Gasteiger charge is 2.32. The van der Waals surface area contributed by atoms with Crippen LogP contribution in [0.1, 0.15) is 0 Å². The third-order valence-electron chi connectivity index (χ3n) is 3.59. The van der Waals surface area contributed by atoms with Gasteiger partial charge in [-0.2, -0.15) is 17.5 Å². The van der Waals surface area contributed by atoms with Crippen molar-refractivity contribution in [3.8, 4) is 11.1 Å². The summed E-state index contributed by atoms with van der Waals surface area (Å²) < 4.78 is 17.2. The van der Waals surface area contributed by atoms with Crippen molar-refractivity contribution in [2.75, 3.05) is 0 Å². The molecule has 0 N–H and O–H groups in total. The Morgan fingerprint density at radius 1 is 0.731 bits per heavy atom. The minimum atomic E-state index is -0.615. The molecule has 0 aliphatic rings. The van der Waals surface area contributed by atoms with Gasteiger partial charge in [0.05, 0.1) is 53.4 Å². The number of halogens is 2. The lowest BCUT2D eigenvalue weighted by Gasteiger charge is -2.07. The lowest BCUT2D eigenvalue weighted by Crippen LogP contribution is -1.99. The van der Waals surface area contributed by atoms with Gasteiger partial charge in [-0.05, 0) is 31.9 Å². The molecule has 0 aliphatic carbocycles. The Labute approximate surface area is 168 Å². The van der Waals surface area contributed by atoms with Crippen LogP contribution in [0.3, 0.4) is 0 Å². The maximum Gasteiger partial charge on any atom is 0.281 e. The molecule has 2 aromatic carbocycles. The van der Waals surface area contributed by atoms with Crippen molar-refractivity contribution in [3.63, 3.8) is 0 Å². The van der Waals surface area contributed by atoms with E-state index in [-0.39, 0.29) is 33.5 Å². The van der Waals surface area contributed by atoms with Crippen LogP contribution in [-0.2, 0) is 0 Å². The lowest BCUT2D eigenvalue weighted by atomic mass is 9.98. The van der Waals surface area contributed by atoms with Crippen molar-refractivity contribution >= 4 is 88.8 Å². The summed E-state index contributed by atoms with van der Waals surface area (Å²) in [5.74, 6) is 0. The van der Waals surface area contributed by atoms with Crippen molar-refractivity contribution in [2.24, 2.45) is 0 Å². The molecule has 2 aromatic heterocycles. The van der Waals surface area contributed by atoms with Gasteiger partial charge < -0.3 is 0 Å². The number of aromatic nitrogens is 4. The minimum Gasteiger partial charge on any atom is -0.258 e. The van der Waals surface area contributed by atoms with E-state index in [1.165, 1.54) is 12.1 Å². The first kappa shape index (κ1) is 17.3. The highest BCUT2D eigenvalue weighted by atomic mass is 79.9. The molecule has 130 valence electrons. The van der Waals surface area contributed by atoms with E-state index in [1.54, 1.807) is 0 Å². The molecule has 0 saturated carbocycles. The van der Waals surface area contributed by atoms with Crippen LogP contribution >= 0.6 is 55.3 Å². The molecule has 26 heavy (non-hydrogen) atoms. The predicted octanol–water partition coefficient (Wildman–Crippen LogP) is 4.70. The van der Waals surface area contributed by atoms with Gasteiger partial charge in [0, 0.05) is 12.1 Å². The summed E-state index contributed by atoms with van der Waals surface area (Å²) in [4.78, 5) is 22.1. The number of fused-ring (bicyclic) bond motifs is 2. The fourth-order valence-corrected chi connectivity index (χ4v) is 4.92. The minimum absolute atomic E-state index is 0.00106. The number of nitrogens with zero attached hydrogens (tertiary/aromatic N) is 6. The van der Waals surface area contributed by atoms with Crippen LogP contribution in [0.25, 0.3) is 33.2 Å². The maximum absolute atomic E-state index is 11.7. The van der Waals surface area contributed by atoms with Crippen molar-refractivity contribution in [3.05, 3.63) is 41.3 Å². The fourth-order valence-electron chi connectivity index (χ4n) is 2.56. The Hall–Kier alpha value is -2.16. The summed E-state index contributed by atoms with van der Waals surface area (Å²) in [7, 11) is 0. The predicted molar refractivity (Wildman–Crippen MR) is 103 cm³/mol. The highest BCUT2D eigenvalue weighted by Crippen LogP contribution is 2.47. The Morgan fingerprint density at radius 2 is 1.08 bits per heavy atom. The standard InChI is InChI=1S/C12H2Br2N6O4S2/c13-3-1-5(19(21)22)7(11-9(3)15-25-17-11)8-6(20(23)24)2-4(14)10-12(8)18-26-16-10/h1-2H. The third kappa shape index (κ3) is 2.48. The first-order valence-corrected chi connectivity index (χ1v) is 9.63. The summed E-state index contributed by atoms with van der Waals surface area (Å²) in [5, 5.41) is 23.3. The van der Waals surface area contributed by atoms with Gasteiger partial charge in [0.15, 0.2) is 0 Å². The van der Waals surface area contributed by atoms with Crippen LogP contribution in [0.15, 0.2) is 21.1 Å². The molecule has 0 aliphatic heterocycles. The second kappa shape index (κ2) is 6.22. The molecule has 4 aromatic rings. The number of rotatable bonds is 3. The average molecular weight is 518 g/mol. The average Bonchev–Trinajstić information content (AvgIpc) is 3.24. The van der Waals surface area contributed by atoms with Crippen molar-refractivity contribution in [1.82, 2.24) is 17.5 Å². The first-order chi connectivity index (χ1) is 12.4. The van der Waals surface area contributed by atoms with Gasteiger partial charge in [-0.15, -0.1) is 0 Å². The number of hydrogen-bond donors (Lipinski definition) is 0. The fraction of sp³-hybridized carbons (Fsp3) is 0. The molecule has 0 unspecified atom stereocenters. The van der Waals surface area contributed by atoms with Crippen LogP contribution in [0.2, 0.25) is 0 Å². The Morgan fingerprint density at radius 3 is 1.42 bits per heavy atom. The summed E-state index contributed by atoms with van der Waals surface area (Å²) in [5.41, 5.74) is 0.464. The van der Waals surface area contributed by atoms with E-state index >= 15 is 0 Å². The normalized spacial score (nSPS) is 11.3. The Bertz CT molecular complexity index is 1140. The smallest absolute Gasteiger partial charge is 0.258 e. The molecule has 0 atom stereocenters. The van der Waals surface area contributed by atoms with Crippen molar-refractivity contribution in [2.45, 2.75) is 0 Å². The zero-order chi connectivity index (χ0) is 18.6. The topological polar surface area (TPSA) is 138 Å². The molecule has 14 heteroatoms. The number of nitro groups is 2. The van der Waals surface area contributed by atoms with E-state index in [0.29, 0.717) is 20.0 Å². The zero-order valence-electron chi connectivity index (χ0n) is 12.0. The third-order valence-corrected chi connectivity index (χ3v) is 5.85. The van der Waals surface area contributed by atoms with E-state index in [2.05, 4.69) is 49.4 Å². The van der Waals surface area contributed by atoms with Crippen molar-refractivity contribution < 1.29 is 9.85 Å². The van der Waals surface area contributed by atoms with Crippen LogP contribution in [0.5, 0.6) is 0 Å². The zero-order valence-corrected chi connectivity index (χ0v) is 16.8. The molecule has 0 saturated heterocycles. The van der Waals surface area contributed by atoms with E-state index in [9.17, 15) is 20.2 Å². The van der Waals surface area contributed by atoms with Crippen LogP contribution in [-0.4, -0.2) is 27.3 Å². The van der Waals surface area contributed by atoms with Gasteiger partial charge in [-0.1, -0.05) is 0 Å². The molecule has 4 rings (SSSR count). The quantitative estimate of drug-likeness (QED) is 0.281. The molecule has 0 radical (unpaired) electrons. The SMILES string of the molecule is O=[N+]([O-])c1cc(Br)c2nsnc2c1-c1c([N+](=O)[O-])cc(Br)c2nsnc12. The summed E-state index contributed by atoms with van der Waals surface area (Å²) in [6.45, 7) is 0. The molecule has 0 spiro atoms. The molecule has 10 nitrogen and oxygen atoms in total. The van der Waals surface area contributed by atoms with E-state index in [4.69, 9.17) is 0 Å². The van der Waals surface area contributed by atoms with Crippen LogP contribution in [0.4, 0.5) is 11.4 Å². The second-order valence-electron chi connectivity index (χ2n) is 4.94. The van der Waals surface area contributed by atoms with Gasteiger partial charge in [0.1, 0.15) is 22.1 Å². The molecule has 0 amide bonds. The van der Waals surface area contributed by atoms with Gasteiger partial charge in [0.25, 0.3) is 11.4 Å². The summed E-state index contributed by atoms with van der Waals surface area (Å²) >= 11 is 8.18. The van der Waals surface area contributed by atoms with Gasteiger partial charge >= 0.3 is 0 Å². The lowest BCUT2D eigenvalue weighted by molar-refractivity contribution is -0.386. The van der Waals surface area contributed by atoms with Crippen molar-refractivity contribution in [1.29, 1.82) is 0 Å². The Balaban J connectivity index is 2.28. The molecular formula is C12H2Br2N6O4S2. The molecule has 2 heterocycles. The van der Waals surface area contributed by atoms with E-state index in [0.717, 1.165) is 23.5 Å². The monoisotopic (exact) mass is 516 g/mol. The molecule has 0 fully saturated rings.